The second-order valence-electron chi connectivity index (χ2n) is 4.42. The number of ether oxygens (including phenoxy) is 1. The molecule has 2 nitrogen and oxygen atoms in total. The van der Waals surface area contributed by atoms with Crippen LogP contribution in [0.2, 0.25) is 0 Å². The van der Waals surface area contributed by atoms with Crippen LogP contribution < -0.4 is 4.74 Å². The maximum absolute atomic E-state index is 5.74. The molecular weight excluding hydrogens is 278 g/mol. The Labute approximate surface area is 123 Å². The van der Waals surface area contributed by atoms with E-state index in [1.165, 1.54) is 10.4 Å². The van der Waals surface area contributed by atoms with Crippen molar-refractivity contribution in [1.29, 1.82) is 0 Å². The van der Waals surface area contributed by atoms with Crippen molar-refractivity contribution in [2.75, 3.05) is 12.5 Å². The van der Waals surface area contributed by atoms with Gasteiger partial charge in [0.1, 0.15) is 5.75 Å². The largest absolute Gasteiger partial charge is 0.494 e. The Morgan fingerprint density at radius 3 is 2.79 bits per heavy atom. The normalized spacial score (nSPS) is 10.7. The summed E-state index contributed by atoms with van der Waals surface area (Å²) < 4.78 is 5.74. The van der Waals surface area contributed by atoms with Gasteiger partial charge in [-0.3, -0.25) is 0 Å². The monoisotopic (exact) mass is 295 g/mol. The molecule has 0 bridgehead atoms. The molecule has 1 aromatic carbocycles. The topological polar surface area (TPSA) is 22.1 Å². The number of aryl methyl sites for hydroxylation is 2. The fourth-order valence-corrected chi connectivity index (χ4v) is 3.02. The van der Waals surface area contributed by atoms with Gasteiger partial charge < -0.3 is 4.74 Å². The summed E-state index contributed by atoms with van der Waals surface area (Å²) in [6, 6.07) is 8.21. The molecule has 0 radical (unpaired) electrons. The van der Waals surface area contributed by atoms with E-state index in [1.54, 1.807) is 11.3 Å². The Hall–Kier alpha value is -1.06. The minimum absolute atomic E-state index is 0.697. The molecule has 1 aromatic heterocycles. The molecule has 102 valence electrons. The Kier molecular flexibility index (Phi) is 5.23. The number of unbranched alkanes of at least 4 members (excludes halogenated alkanes) is 1. The van der Waals surface area contributed by atoms with Gasteiger partial charge in [0.05, 0.1) is 22.2 Å². The summed E-state index contributed by atoms with van der Waals surface area (Å²) >= 11 is 7.37. The molecule has 19 heavy (non-hydrogen) atoms. The molecule has 0 atom stereocenters. The number of halogens is 1. The molecule has 1 heterocycles. The molecule has 0 N–H and O–H groups in total. The molecular formula is C15H18ClNOS. The van der Waals surface area contributed by atoms with Gasteiger partial charge in [0, 0.05) is 5.88 Å². The van der Waals surface area contributed by atoms with E-state index in [0.29, 0.717) is 5.88 Å². The molecule has 0 fully saturated rings. The van der Waals surface area contributed by atoms with Crippen LogP contribution in [0.25, 0.3) is 10.4 Å². The van der Waals surface area contributed by atoms with Crippen LogP contribution in [0.1, 0.15) is 23.5 Å². The highest BCUT2D eigenvalue weighted by Crippen LogP contribution is 2.31. The Morgan fingerprint density at radius 2 is 2.11 bits per heavy atom. The van der Waals surface area contributed by atoms with Crippen molar-refractivity contribution in [3.63, 3.8) is 0 Å². The minimum Gasteiger partial charge on any atom is -0.494 e. The Morgan fingerprint density at radius 1 is 1.26 bits per heavy atom. The molecule has 4 heteroatoms. The number of thiazole rings is 1. The maximum atomic E-state index is 5.74. The van der Waals surface area contributed by atoms with E-state index in [0.717, 1.165) is 35.9 Å². The number of hydrogen-bond donors (Lipinski definition) is 0. The van der Waals surface area contributed by atoms with E-state index in [1.807, 2.05) is 26.0 Å². The lowest BCUT2D eigenvalue weighted by molar-refractivity contribution is 0.310. The first kappa shape index (κ1) is 14.4. The Bertz CT molecular complexity index is 539. The SMILES string of the molecule is Cc1nc(C)c(-c2cccc(OCCCCCl)c2)s1. The van der Waals surface area contributed by atoms with E-state index in [9.17, 15) is 0 Å². The molecule has 0 aliphatic carbocycles. The zero-order valence-electron chi connectivity index (χ0n) is 11.3. The third kappa shape index (κ3) is 3.95. The van der Waals surface area contributed by atoms with Crippen molar-refractivity contribution in [1.82, 2.24) is 4.98 Å². The average Bonchev–Trinajstić information content (AvgIpc) is 2.74. The standard InChI is InChI=1S/C15H18ClNOS/c1-11-15(19-12(2)17-11)13-6-5-7-14(10-13)18-9-4-3-8-16/h5-7,10H,3-4,8-9H2,1-2H3. The first-order valence-electron chi connectivity index (χ1n) is 6.44. The molecule has 0 spiro atoms. The van der Waals surface area contributed by atoms with Crippen molar-refractivity contribution in [2.45, 2.75) is 26.7 Å². The highest BCUT2D eigenvalue weighted by atomic mass is 35.5. The van der Waals surface area contributed by atoms with Gasteiger partial charge in [0.25, 0.3) is 0 Å². The van der Waals surface area contributed by atoms with E-state index in [-0.39, 0.29) is 0 Å². The van der Waals surface area contributed by atoms with Crippen molar-refractivity contribution >= 4 is 22.9 Å². The zero-order valence-corrected chi connectivity index (χ0v) is 12.9. The molecule has 0 saturated heterocycles. The number of nitrogens with zero attached hydrogens (tertiary/aromatic N) is 1. The first-order valence-corrected chi connectivity index (χ1v) is 7.79. The predicted octanol–water partition coefficient (Wildman–Crippen LogP) is 4.82. The van der Waals surface area contributed by atoms with Gasteiger partial charge in [-0.2, -0.15) is 0 Å². The number of benzene rings is 1. The number of aromatic nitrogens is 1. The van der Waals surface area contributed by atoms with E-state index >= 15 is 0 Å². The van der Waals surface area contributed by atoms with Crippen LogP contribution in [-0.4, -0.2) is 17.5 Å². The third-order valence-corrected chi connectivity index (χ3v) is 4.19. The first-order chi connectivity index (χ1) is 9.20. The van der Waals surface area contributed by atoms with Crippen molar-refractivity contribution < 1.29 is 4.74 Å². The lowest BCUT2D eigenvalue weighted by Crippen LogP contribution is -1.97. The molecule has 0 amide bonds. The van der Waals surface area contributed by atoms with Crippen LogP contribution in [0.15, 0.2) is 24.3 Å². The fourth-order valence-electron chi connectivity index (χ4n) is 1.91. The summed E-state index contributed by atoms with van der Waals surface area (Å²) in [5, 5.41) is 1.10. The van der Waals surface area contributed by atoms with Crippen LogP contribution in [-0.2, 0) is 0 Å². The fraction of sp³-hybridized carbons (Fsp3) is 0.400. The quantitative estimate of drug-likeness (QED) is 0.563. The van der Waals surface area contributed by atoms with Gasteiger partial charge >= 0.3 is 0 Å². The summed E-state index contributed by atoms with van der Waals surface area (Å²) in [6.45, 7) is 4.80. The number of rotatable bonds is 6. The van der Waals surface area contributed by atoms with Crippen molar-refractivity contribution in [3.05, 3.63) is 35.0 Å². The van der Waals surface area contributed by atoms with E-state index < -0.39 is 0 Å². The van der Waals surface area contributed by atoms with Gasteiger partial charge in [0.15, 0.2) is 0 Å². The van der Waals surface area contributed by atoms with E-state index in [2.05, 4.69) is 17.1 Å². The molecule has 2 rings (SSSR count). The van der Waals surface area contributed by atoms with Gasteiger partial charge in [-0.25, -0.2) is 4.98 Å². The summed E-state index contributed by atoms with van der Waals surface area (Å²) in [7, 11) is 0. The van der Waals surface area contributed by atoms with Crippen molar-refractivity contribution in [3.8, 4) is 16.2 Å². The number of alkyl halides is 1. The molecule has 0 saturated carbocycles. The van der Waals surface area contributed by atoms with Gasteiger partial charge in [0.2, 0.25) is 0 Å². The maximum Gasteiger partial charge on any atom is 0.119 e. The molecule has 0 unspecified atom stereocenters. The second kappa shape index (κ2) is 6.92. The smallest absolute Gasteiger partial charge is 0.119 e. The summed E-state index contributed by atoms with van der Waals surface area (Å²) in [5.41, 5.74) is 2.26. The average molecular weight is 296 g/mol. The van der Waals surface area contributed by atoms with Crippen molar-refractivity contribution in [2.24, 2.45) is 0 Å². The second-order valence-corrected chi connectivity index (χ2v) is 6.00. The summed E-state index contributed by atoms with van der Waals surface area (Å²) in [4.78, 5) is 5.69. The predicted molar refractivity (Wildman–Crippen MR) is 82.5 cm³/mol. The van der Waals surface area contributed by atoms with Crippen LogP contribution in [0, 0.1) is 13.8 Å². The highest BCUT2D eigenvalue weighted by molar-refractivity contribution is 7.15. The molecule has 0 aliphatic heterocycles. The lowest BCUT2D eigenvalue weighted by Gasteiger charge is -2.07. The third-order valence-electron chi connectivity index (χ3n) is 2.80. The molecule has 2 aromatic rings. The highest BCUT2D eigenvalue weighted by Gasteiger charge is 2.08. The van der Waals surface area contributed by atoms with Crippen LogP contribution in [0.4, 0.5) is 0 Å². The van der Waals surface area contributed by atoms with Crippen LogP contribution in [0.3, 0.4) is 0 Å². The van der Waals surface area contributed by atoms with Gasteiger partial charge in [-0.1, -0.05) is 12.1 Å². The van der Waals surface area contributed by atoms with Crippen LogP contribution in [0.5, 0.6) is 5.75 Å². The Balaban J connectivity index is 2.09. The zero-order chi connectivity index (χ0) is 13.7. The van der Waals surface area contributed by atoms with Crippen LogP contribution >= 0.6 is 22.9 Å². The van der Waals surface area contributed by atoms with Gasteiger partial charge in [-0.05, 0) is 44.4 Å². The summed E-state index contributed by atoms with van der Waals surface area (Å²) in [5.74, 6) is 1.61. The lowest BCUT2D eigenvalue weighted by atomic mass is 10.1. The van der Waals surface area contributed by atoms with E-state index in [4.69, 9.17) is 16.3 Å². The summed E-state index contributed by atoms with van der Waals surface area (Å²) in [6.07, 6.45) is 1.99. The molecule has 0 aliphatic rings. The van der Waals surface area contributed by atoms with Gasteiger partial charge in [-0.15, -0.1) is 22.9 Å². The number of hydrogen-bond acceptors (Lipinski definition) is 3. The minimum atomic E-state index is 0.697.